The largest absolute Gasteiger partial charge is 0.497 e. The number of furan rings is 1. The summed E-state index contributed by atoms with van der Waals surface area (Å²) in [7, 11) is 3.50. The van der Waals surface area contributed by atoms with E-state index in [-0.39, 0.29) is 0 Å². The highest BCUT2D eigenvalue weighted by Crippen LogP contribution is 2.38. The lowest BCUT2D eigenvalue weighted by molar-refractivity contribution is 0.414. The van der Waals surface area contributed by atoms with Crippen molar-refractivity contribution in [2.45, 2.75) is 0 Å². The van der Waals surface area contributed by atoms with Crippen LogP contribution < -0.4 is 9.64 Å². The molecule has 24 heavy (non-hydrogen) atoms. The number of rotatable bonds is 6. The van der Waals surface area contributed by atoms with Crippen LogP contribution in [0.2, 0.25) is 0 Å². The maximum atomic E-state index is 12.8. The lowest BCUT2D eigenvalue weighted by Gasteiger charge is -2.21. The molecule has 3 rings (SSSR count). The number of halogens is 1. The summed E-state index contributed by atoms with van der Waals surface area (Å²) in [6, 6.07) is 13.6. The first-order valence-corrected chi connectivity index (χ1v) is 7.78. The molecular formula is C20H20FNO2. The van der Waals surface area contributed by atoms with Crippen LogP contribution in [0.3, 0.4) is 0 Å². The smallest absolute Gasteiger partial charge is 0.138 e. The zero-order valence-electron chi connectivity index (χ0n) is 13.9. The van der Waals surface area contributed by atoms with Gasteiger partial charge in [-0.3, -0.25) is 0 Å². The Labute approximate surface area is 141 Å². The van der Waals surface area contributed by atoms with E-state index in [0.717, 1.165) is 39.3 Å². The van der Waals surface area contributed by atoms with Crippen molar-refractivity contribution in [2.75, 3.05) is 32.3 Å². The third-order valence-electron chi connectivity index (χ3n) is 4.10. The van der Waals surface area contributed by atoms with Crippen LogP contribution in [0.25, 0.3) is 28.4 Å². The second-order valence-electron chi connectivity index (χ2n) is 5.57. The first-order chi connectivity index (χ1) is 11.7. The Bertz CT molecular complexity index is 869. The molecular weight excluding hydrogens is 305 g/mol. The lowest BCUT2D eigenvalue weighted by atomic mass is 10.0. The number of methoxy groups -OCH3 is 1. The van der Waals surface area contributed by atoms with Crippen LogP contribution in [0.1, 0.15) is 5.56 Å². The Kier molecular flexibility index (Phi) is 4.56. The van der Waals surface area contributed by atoms with E-state index in [1.54, 1.807) is 13.2 Å². The zero-order chi connectivity index (χ0) is 17.1. The average Bonchev–Trinajstić information content (AvgIpc) is 3.03. The topological polar surface area (TPSA) is 25.6 Å². The Morgan fingerprint density at radius 2 is 2.08 bits per heavy atom. The van der Waals surface area contributed by atoms with Gasteiger partial charge in [0.25, 0.3) is 0 Å². The van der Waals surface area contributed by atoms with Gasteiger partial charge in [0.1, 0.15) is 23.8 Å². The molecule has 0 saturated carbocycles. The van der Waals surface area contributed by atoms with Crippen LogP contribution in [0.5, 0.6) is 5.75 Å². The Hall–Kier alpha value is -2.75. The number of ether oxygens (including phenoxy) is 1. The molecule has 0 N–H and O–H groups in total. The fourth-order valence-corrected chi connectivity index (χ4v) is 2.82. The molecule has 0 bridgehead atoms. The van der Waals surface area contributed by atoms with Crippen LogP contribution in [0.15, 0.2) is 53.5 Å². The summed E-state index contributed by atoms with van der Waals surface area (Å²) >= 11 is 0. The molecule has 0 spiro atoms. The van der Waals surface area contributed by atoms with Crippen molar-refractivity contribution in [1.82, 2.24) is 0 Å². The standard InChI is InChI=1S/C20H20FNO2/c1-4-14-6-5-7-17(22(2)11-10-21)20(14)19-12-15-8-9-16(23-3)13-18(15)24-19/h4-9,12-13H,1,10-11H2,2-3H3. The van der Waals surface area contributed by atoms with E-state index in [4.69, 9.17) is 9.15 Å². The highest BCUT2D eigenvalue weighted by atomic mass is 19.1. The van der Waals surface area contributed by atoms with Crippen LogP contribution >= 0.6 is 0 Å². The minimum absolute atomic E-state index is 0.321. The number of hydrogen-bond donors (Lipinski definition) is 0. The summed E-state index contributed by atoms with van der Waals surface area (Å²) in [6.07, 6.45) is 1.79. The number of benzene rings is 2. The average molecular weight is 325 g/mol. The molecule has 3 aromatic rings. The fraction of sp³-hybridized carbons (Fsp3) is 0.200. The first-order valence-electron chi connectivity index (χ1n) is 7.78. The van der Waals surface area contributed by atoms with Gasteiger partial charge in [-0.1, -0.05) is 24.8 Å². The van der Waals surface area contributed by atoms with Crippen LogP contribution in [0, 0.1) is 0 Å². The number of alkyl halides is 1. The molecule has 0 atom stereocenters. The Balaban J connectivity index is 2.18. The third kappa shape index (κ3) is 2.87. The van der Waals surface area contributed by atoms with E-state index >= 15 is 0 Å². The third-order valence-corrected chi connectivity index (χ3v) is 4.10. The highest BCUT2D eigenvalue weighted by Gasteiger charge is 2.16. The van der Waals surface area contributed by atoms with E-state index < -0.39 is 6.67 Å². The van der Waals surface area contributed by atoms with Crippen molar-refractivity contribution in [3.05, 3.63) is 54.6 Å². The second-order valence-corrected chi connectivity index (χ2v) is 5.57. The van der Waals surface area contributed by atoms with E-state index in [9.17, 15) is 4.39 Å². The van der Waals surface area contributed by atoms with E-state index in [0.29, 0.717) is 6.54 Å². The Morgan fingerprint density at radius 3 is 2.79 bits per heavy atom. The molecule has 0 aliphatic rings. The van der Waals surface area contributed by atoms with Crippen molar-refractivity contribution in [1.29, 1.82) is 0 Å². The van der Waals surface area contributed by atoms with Gasteiger partial charge >= 0.3 is 0 Å². The molecule has 124 valence electrons. The molecule has 0 aliphatic heterocycles. The summed E-state index contributed by atoms with van der Waals surface area (Å²) in [6.45, 7) is 3.80. The molecule has 0 aliphatic carbocycles. The lowest BCUT2D eigenvalue weighted by Crippen LogP contribution is -2.20. The monoisotopic (exact) mass is 325 g/mol. The molecule has 2 aromatic carbocycles. The van der Waals surface area contributed by atoms with Gasteiger partial charge in [0.15, 0.2) is 0 Å². The predicted molar refractivity (Wildman–Crippen MR) is 97.5 cm³/mol. The summed E-state index contributed by atoms with van der Waals surface area (Å²) in [5.41, 5.74) is 3.53. The van der Waals surface area contributed by atoms with Crippen LogP contribution in [-0.4, -0.2) is 27.4 Å². The molecule has 1 heterocycles. The van der Waals surface area contributed by atoms with Crippen LogP contribution in [0.4, 0.5) is 10.1 Å². The summed E-state index contributed by atoms with van der Waals surface area (Å²) in [5, 5.41) is 0.990. The zero-order valence-corrected chi connectivity index (χ0v) is 13.9. The van der Waals surface area contributed by atoms with E-state index in [1.165, 1.54) is 0 Å². The first kappa shape index (κ1) is 16.1. The Morgan fingerprint density at radius 1 is 1.25 bits per heavy atom. The molecule has 0 amide bonds. The van der Waals surface area contributed by atoms with Crippen molar-refractivity contribution >= 4 is 22.7 Å². The predicted octanol–water partition coefficient (Wildman–Crippen LogP) is 5.16. The molecule has 4 heteroatoms. The van der Waals surface area contributed by atoms with Gasteiger partial charge in [0, 0.05) is 36.3 Å². The fourth-order valence-electron chi connectivity index (χ4n) is 2.82. The summed E-state index contributed by atoms with van der Waals surface area (Å²) < 4.78 is 24.1. The SMILES string of the molecule is C=Cc1cccc(N(C)CCF)c1-c1cc2ccc(OC)cc2o1. The highest BCUT2D eigenvalue weighted by molar-refractivity contribution is 5.90. The van der Waals surface area contributed by atoms with Crippen molar-refractivity contribution in [3.63, 3.8) is 0 Å². The van der Waals surface area contributed by atoms with Gasteiger partial charge in [-0.25, -0.2) is 4.39 Å². The quantitative estimate of drug-likeness (QED) is 0.626. The number of fused-ring (bicyclic) bond motifs is 1. The van der Waals surface area contributed by atoms with Gasteiger partial charge in [-0.2, -0.15) is 0 Å². The van der Waals surface area contributed by atoms with Gasteiger partial charge in [-0.05, 0) is 29.8 Å². The number of hydrogen-bond acceptors (Lipinski definition) is 3. The second kappa shape index (κ2) is 6.79. The van der Waals surface area contributed by atoms with Crippen molar-refractivity contribution < 1.29 is 13.5 Å². The normalized spacial score (nSPS) is 10.8. The van der Waals surface area contributed by atoms with E-state index in [1.807, 2.05) is 54.4 Å². The summed E-state index contributed by atoms with van der Waals surface area (Å²) in [4.78, 5) is 1.89. The summed E-state index contributed by atoms with van der Waals surface area (Å²) in [5.74, 6) is 1.48. The number of anilines is 1. The molecule has 0 radical (unpaired) electrons. The molecule has 0 fully saturated rings. The van der Waals surface area contributed by atoms with Gasteiger partial charge in [-0.15, -0.1) is 0 Å². The number of nitrogens with zero attached hydrogens (tertiary/aromatic N) is 1. The van der Waals surface area contributed by atoms with Crippen LogP contribution in [-0.2, 0) is 0 Å². The molecule has 0 unspecified atom stereocenters. The maximum Gasteiger partial charge on any atom is 0.138 e. The molecule has 0 saturated heterocycles. The maximum absolute atomic E-state index is 12.8. The van der Waals surface area contributed by atoms with Crippen molar-refractivity contribution in [2.24, 2.45) is 0 Å². The minimum atomic E-state index is -0.411. The van der Waals surface area contributed by atoms with Gasteiger partial charge < -0.3 is 14.1 Å². The molecule has 3 nitrogen and oxygen atoms in total. The van der Waals surface area contributed by atoms with Crippen molar-refractivity contribution in [3.8, 4) is 17.1 Å². The molecule has 1 aromatic heterocycles. The van der Waals surface area contributed by atoms with Gasteiger partial charge in [0.05, 0.1) is 7.11 Å². The van der Waals surface area contributed by atoms with E-state index in [2.05, 4.69) is 6.58 Å². The minimum Gasteiger partial charge on any atom is -0.497 e. The van der Waals surface area contributed by atoms with Gasteiger partial charge in [0.2, 0.25) is 0 Å².